The highest BCUT2D eigenvalue weighted by Crippen LogP contribution is 2.31. The van der Waals surface area contributed by atoms with Crippen LogP contribution in [0.25, 0.3) is 6.08 Å². The normalized spacial score (nSPS) is 11.5. The van der Waals surface area contributed by atoms with Crippen LogP contribution in [0.5, 0.6) is 0 Å². The molecule has 166 valence electrons. The van der Waals surface area contributed by atoms with Gasteiger partial charge in [-0.15, -0.1) is 0 Å². The number of carbonyl (C=O) groups is 3. The summed E-state index contributed by atoms with van der Waals surface area (Å²) in [7, 11) is 0. The number of rotatable bonds is 7. The molecule has 2 aromatic rings. The number of hydrogen-bond donors (Lipinski definition) is 3. The van der Waals surface area contributed by atoms with Gasteiger partial charge in [-0.3, -0.25) is 10.1 Å². The zero-order valence-corrected chi connectivity index (χ0v) is 19.0. The number of carbonyl (C=O) groups excluding carboxylic acids is 2. The number of aromatic carboxylic acids is 1. The van der Waals surface area contributed by atoms with Gasteiger partial charge in [0, 0.05) is 6.20 Å². The summed E-state index contributed by atoms with van der Waals surface area (Å²) in [5.41, 5.74) is 0.637. The molecule has 8 nitrogen and oxygen atoms in total. The van der Waals surface area contributed by atoms with E-state index in [2.05, 4.69) is 15.6 Å². The standard InChI is InChI=1S/C22H27N3O5S/c1-13(2)18-19(25-21(29)30-22(3,4)5)31-17(24-18)10-11-23-16(26)12-14-8-6-7-9-15(14)20(27)28/h6-11,13H,12H2,1-5H3,(H,23,26)(H,25,29)(H,27,28)/b11-10+. The Morgan fingerprint density at radius 1 is 1.23 bits per heavy atom. The Hall–Kier alpha value is -3.20. The van der Waals surface area contributed by atoms with Crippen molar-refractivity contribution in [3.8, 4) is 0 Å². The molecule has 0 aliphatic carbocycles. The van der Waals surface area contributed by atoms with E-state index in [9.17, 15) is 19.5 Å². The van der Waals surface area contributed by atoms with E-state index in [1.807, 2.05) is 13.8 Å². The number of amides is 2. The summed E-state index contributed by atoms with van der Waals surface area (Å²) >= 11 is 1.27. The van der Waals surface area contributed by atoms with Crippen LogP contribution < -0.4 is 10.6 Å². The summed E-state index contributed by atoms with van der Waals surface area (Å²) in [6, 6.07) is 6.37. The minimum absolute atomic E-state index is 0.0621. The van der Waals surface area contributed by atoms with Gasteiger partial charge in [0.1, 0.15) is 15.6 Å². The van der Waals surface area contributed by atoms with Crippen LogP contribution in [0.4, 0.5) is 9.80 Å². The first kappa shape index (κ1) is 24.1. The number of benzene rings is 1. The van der Waals surface area contributed by atoms with E-state index < -0.39 is 17.7 Å². The molecule has 0 spiro atoms. The fraction of sp³-hybridized carbons (Fsp3) is 0.364. The van der Waals surface area contributed by atoms with Crippen LogP contribution in [0.15, 0.2) is 30.5 Å². The Bertz CT molecular complexity index is 989. The van der Waals surface area contributed by atoms with E-state index in [4.69, 9.17) is 4.74 Å². The Kier molecular flexibility index (Phi) is 7.93. The van der Waals surface area contributed by atoms with Crippen molar-refractivity contribution in [3.05, 3.63) is 52.3 Å². The maximum atomic E-state index is 12.2. The lowest BCUT2D eigenvalue weighted by Crippen LogP contribution is -2.27. The lowest BCUT2D eigenvalue weighted by Gasteiger charge is -2.19. The monoisotopic (exact) mass is 445 g/mol. The number of aromatic nitrogens is 1. The SMILES string of the molecule is CC(C)c1nc(/C=C/NC(=O)Cc2ccccc2C(=O)O)sc1NC(=O)OC(C)(C)C. The zero-order valence-electron chi connectivity index (χ0n) is 18.2. The number of carboxylic acid groups (broad SMARTS) is 1. The summed E-state index contributed by atoms with van der Waals surface area (Å²) in [6.45, 7) is 9.28. The van der Waals surface area contributed by atoms with Crippen molar-refractivity contribution in [2.45, 2.75) is 52.6 Å². The summed E-state index contributed by atoms with van der Waals surface area (Å²) in [6.07, 6.45) is 2.45. The van der Waals surface area contributed by atoms with Crippen molar-refractivity contribution in [1.82, 2.24) is 10.3 Å². The molecule has 31 heavy (non-hydrogen) atoms. The number of carboxylic acids is 1. The van der Waals surface area contributed by atoms with E-state index >= 15 is 0 Å². The van der Waals surface area contributed by atoms with Crippen LogP contribution in [-0.2, 0) is 16.0 Å². The van der Waals surface area contributed by atoms with Gasteiger partial charge in [0.05, 0.1) is 17.7 Å². The van der Waals surface area contributed by atoms with Crippen LogP contribution >= 0.6 is 11.3 Å². The summed E-state index contributed by atoms with van der Waals surface area (Å²) < 4.78 is 5.29. The quantitative estimate of drug-likeness (QED) is 0.571. The molecule has 0 atom stereocenters. The second-order valence-electron chi connectivity index (χ2n) is 8.09. The van der Waals surface area contributed by atoms with Crippen LogP contribution in [-0.4, -0.2) is 33.7 Å². The fourth-order valence-electron chi connectivity index (χ4n) is 2.61. The van der Waals surface area contributed by atoms with Crippen LogP contribution in [0.2, 0.25) is 0 Å². The molecule has 3 N–H and O–H groups in total. The summed E-state index contributed by atoms with van der Waals surface area (Å²) in [5, 5.41) is 15.7. The van der Waals surface area contributed by atoms with Gasteiger partial charge in [-0.25, -0.2) is 14.6 Å². The van der Waals surface area contributed by atoms with Crippen molar-refractivity contribution in [2.24, 2.45) is 0 Å². The molecule has 1 heterocycles. The molecule has 1 aromatic heterocycles. The van der Waals surface area contributed by atoms with Crippen molar-refractivity contribution >= 4 is 40.4 Å². The fourth-order valence-corrected chi connectivity index (χ4v) is 3.62. The molecule has 0 bridgehead atoms. The molecule has 0 saturated carbocycles. The van der Waals surface area contributed by atoms with Gasteiger partial charge in [0.25, 0.3) is 0 Å². The Balaban J connectivity index is 2.05. The zero-order chi connectivity index (χ0) is 23.2. The van der Waals surface area contributed by atoms with Crippen molar-refractivity contribution in [1.29, 1.82) is 0 Å². The predicted molar refractivity (Wildman–Crippen MR) is 120 cm³/mol. The average molecular weight is 446 g/mol. The van der Waals surface area contributed by atoms with Gasteiger partial charge >= 0.3 is 12.1 Å². The number of thiazole rings is 1. The van der Waals surface area contributed by atoms with Crippen molar-refractivity contribution < 1.29 is 24.2 Å². The predicted octanol–water partition coefficient (Wildman–Crippen LogP) is 4.64. The summed E-state index contributed by atoms with van der Waals surface area (Å²) in [5.74, 6) is -1.35. The lowest BCUT2D eigenvalue weighted by atomic mass is 10.0. The highest BCUT2D eigenvalue weighted by Gasteiger charge is 2.20. The first-order chi connectivity index (χ1) is 14.5. The molecular formula is C22H27N3O5S. The molecule has 0 fully saturated rings. The van der Waals surface area contributed by atoms with Gasteiger partial charge in [0.15, 0.2) is 0 Å². The third kappa shape index (κ3) is 7.53. The van der Waals surface area contributed by atoms with Gasteiger partial charge in [0.2, 0.25) is 5.91 Å². The minimum atomic E-state index is -1.08. The van der Waals surface area contributed by atoms with E-state index in [0.717, 1.165) is 5.69 Å². The molecule has 0 aliphatic heterocycles. The van der Waals surface area contributed by atoms with E-state index in [1.54, 1.807) is 45.0 Å². The topological polar surface area (TPSA) is 118 Å². The number of hydrogen-bond acceptors (Lipinski definition) is 6. The molecule has 0 aliphatic rings. The van der Waals surface area contributed by atoms with Crippen LogP contribution in [0.1, 0.15) is 67.2 Å². The molecule has 2 amide bonds. The third-order valence-corrected chi connectivity index (χ3v) is 4.85. The Labute approximate surface area is 185 Å². The lowest BCUT2D eigenvalue weighted by molar-refractivity contribution is -0.119. The van der Waals surface area contributed by atoms with Gasteiger partial charge < -0.3 is 15.2 Å². The number of ether oxygens (including phenoxy) is 1. The molecule has 1 aromatic carbocycles. The molecule has 0 unspecified atom stereocenters. The molecule has 2 rings (SSSR count). The van der Waals surface area contributed by atoms with Gasteiger partial charge in [-0.2, -0.15) is 0 Å². The number of nitrogens with zero attached hydrogens (tertiary/aromatic N) is 1. The largest absolute Gasteiger partial charge is 0.478 e. The highest BCUT2D eigenvalue weighted by molar-refractivity contribution is 7.16. The number of nitrogens with one attached hydrogen (secondary N) is 2. The van der Waals surface area contributed by atoms with Crippen LogP contribution in [0, 0.1) is 0 Å². The summed E-state index contributed by atoms with van der Waals surface area (Å²) in [4.78, 5) is 40.0. The smallest absolute Gasteiger partial charge is 0.412 e. The highest BCUT2D eigenvalue weighted by atomic mass is 32.1. The average Bonchev–Trinajstić information content (AvgIpc) is 3.03. The minimum Gasteiger partial charge on any atom is -0.478 e. The van der Waals surface area contributed by atoms with E-state index in [-0.39, 0.29) is 23.8 Å². The second kappa shape index (κ2) is 10.2. The van der Waals surface area contributed by atoms with Crippen molar-refractivity contribution in [2.75, 3.05) is 5.32 Å². The van der Waals surface area contributed by atoms with Gasteiger partial charge in [-0.05, 0) is 44.4 Å². The molecule has 9 heteroatoms. The van der Waals surface area contributed by atoms with Crippen LogP contribution in [0.3, 0.4) is 0 Å². The third-order valence-electron chi connectivity index (χ3n) is 3.90. The van der Waals surface area contributed by atoms with E-state index in [1.165, 1.54) is 23.6 Å². The first-order valence-corrected chi connectivity index (χ1v) is 10.6. The molecule has 0 saturated heterocycles. The van der Waals surface area contributed by atoms with Gasteiger partial charge in [-0.1, -0.05) is 43.4 Å². The first-order valence-electron chi connectivity index (χ1n) is 9.74. The maximum absolute atomic E-state index is 12.2. The second-order valence-corrected chi connectivity index (χ2v) is 9.12. The van der Waals surface area contributed by atoms with E-state index in [0.29, 0.717) is 15.6 Å². The Morgan fingerprint density at radius 2 is 1.90 bits per heavy atom. The number of anilines is 1. The van der Waals surface area contributed by atoms with Crippen molar-refractivity contribution in [3.63, 3.8) is 0 Å². The molecular weight excluding hydrogens is 418 g/mol. The molecule has 0 radical (unpaired) electrons. The Morgan fingerprint density at radius 3 is 2.52 bits per heavy atom. The maximum Gasteiger partial charge on any atom is 0.412 e.